The van der Waals surface area contributed by atoms with E-state index in [0.29, 0.717) is 12.5 Å². The first-order chi connectivity index (χ1) is 5.00. The zero-order chi connectivity index (χ0) is 9.28. The van der Waals surface area contributed by atoms with Crippen LogP contribution in [0.5, 0.6) is 0 Å². The summed E-state index contributed by atoms with van der Waals surface area (Å²) in [5, 5.41) is 8.04. The van der Waals surface area contributed by atoms with Gasteiger partial charge in [-0.25, -0.2) is 0 Å². The quantitative estimate of drug-likeness (QED) is 0.661. The number of aliphatic carboxylic acids is 1. The predicted molar refractivity (Wildman–Crippen MR) is 46.5 cm³/mol. The number of rotatable bonds is 3. The standard InChI is InChI=1S/C5H10O2.C3H9N/c1-2-3-4-5(6)7;1-3(2)4/h2-4H2,1H3,(H,6,7);3H,4H2,1-2H3. The van der Waals surface area contributed by atoms with Crippen LogP contribution in [-0.4, -0.2) is 17.1 Å². The van der Waals surface area contributed by atoms with Crippen molar-refractivity contribution in [2.75, 3.05) is 0 Å². The molecule has 0 radical (unpaired) electrons. The first-order valence-electron chi connectivity index (χ1n) is 3.98. The van der Waals surface area contributed by atoms with Crippen molar-refractivity contribution in [1.82, 2.24) is 0 Å². The van der Waals surface area contributed by atoms with Crippen molar-refractivity contribution in [1.29, 1.82) is 0 Å². The molecule has 3 heteroatoms. The molecular formula is C8H19NO2. The lowest BCUT2D eigenvalue weighted by molar-refractivity contribution is -0.137. The summed E-state index contributed by atoms with van der Waals surface area (Å²) in [5.41, 5.74) is 5.11. The summed E-state index contributed by atoms with van der Waals surface area (Å²) in [5.74, 6) is -0.693. The van der Waals surface area contributed by atoms with Crippen LogP contribution in [0.15, 0.2) is 0 Å². The number of unbranched alkanes of at least 4 members (excludes halogenated alkanes) is 1. The molecular weight excluding hydrogens is 142 g/mol. The second-order valence-corrected chi connectivity index (χ2v) is 2.74. The van der Waals surface area contributed by atoms with Gasteiger partial charge in [0.1, 0.15) is 0 Å². The third kappa shape index (κ3) is 44.2. The number of hydrogen-bond donors (Lipinski definition) is 2. The Balaban J connectivity index is 0. The van der Waals surface area contributed by atoms with Crippen molar-refractivity contribution in [3.63, 3.8) is 0 Å². The topological polar surface area (TPSA) is 63.3 Å². The molecule has 0 aliphatic heterocycles. The summed E-state index contributed by atoms with van der Waals surface area (Å²) >= 11 is 0. The molecule has 0 bridgehead atoms. The van der Waals surface area contributed by atoms with Crippen LogP contribution in [0.4, 0.5) is 0 Å². The maximum absolute atomic E-state index is 9.76. The van der Waals surface area contributed by atoms with Crippen LogP contribution in [0.25, 0.3) is 0 Å². The molecule has 0 amide bonds. The van der Waals surface area contributed by atoms with Crippen LogP contribution >= 0.6 is 0 Å². The van der Waals surface area contributed by atoms with E-state index in [9.17, 15) is 4.79 Å². The number of carboxylic acid groups (broad SMARTS) is 1. The highest BCUT2D eigenvalue weighted by atomic mass is 16.4. The van der Waals surface area contributed by atoms with Gasteiger partial charge in [-0.1, -0.05) is 27.2 Å². The molecule has 0 atom stereocenters. The van der Waals surface area contributed by atoms with Crippen molar-refractivity contribution >= 4 is 5.97 Å². The van der Waals surface area contributed by atoms with E-state index in [1.54, 1.807) is 0 Å². The molecule has 3 N–H and O–H groups in total. The van der Waals surface area contributed by atoms with Crippen LogP contribution in [0.3, 0.4) is 0 Å². The molecule has 0 spiro atoms. The fraction of sp³-hybridized carbons (Fsp3) is 0.875. The summed E-state index contributed by atoms with van der Waals surface area (Å²) < 4.78 is 0. The van der Waals surface area contributed by atoms with Crippen LogP contribution in [-0.2, 0) is 4.79 Å². The van der Waals surface area contributed by atoms with Gasteiger partial charge in [-0.15, -0.1) is 0 Å². The minimum absolute atomic E-state index is 0.316. The molecule has 68 valence electrons. The van der Waals surface area contributed by atoms with Gasteiger partial charge < -0.3 is 10.8 Å². The van der Waals surface area contributed by atoms with Crippen molar-refractivity contribution in [2.45, 2.75) is 46.1 Å². The molecule has 0 fully saturated rings. The van der Waals surface area contributed by atoms with Crippen molar-refractivity contribution in [2.24, 2.45) is 5.73 Å². The Morgan fingerprint density at radius 1 is 1.55 bits per heavy atom. The van der Waals surface area contributed by atoms with E-state index in [0.717, 1.165) is 12.8 Å². The number of carbonyl (C=O) groups is 1. The zero-order valence-electron chi connectivity index (χ0n) is 7.63. The Hall–Kier alpha value is -0.570. The average molecular weight is 161 g/mol. The molecule has 0 saturated heterocycles. The molecule has 0 heterocycles. The van der Waals surface area contributed by atoms with E-state index in [2.05, 4.69) is 0 Å². The SMILES string of the molecule is CC(C)N.CCCCC(=O)O. The zero-order valence-corrected chi connectivity index (χ0v) is 7.63. The Bertz CT molecular complexity index is 89.3. The van der Waals surface area contributed by atoms with E-state index in [1.807, 2.05) is 20.8 Å². The molecule has 0 aromatic heterocycles. The molecule has 0 aromatic rings. The van der Waals surface area contributed by atoms with Gasteiger partial charge in [-0.2, -0.15) is 0 Å². The minimum atomic E-state index is -0.693. The predicted octanol–water partition coefficient (Wildman–Crippen LogP) is 1.61. The highest BCUT2D eigenvalue weighted by Gasteiger charge is 1.90. The third-order valence-corrected chi connectivity index (χ3v) is 0.744. The second kappa shape index (κ2) is 9.43. The lowest BCUT2D eigenvalue weighted by Gasteiger charge is -1.85. The van der Waals surface area contributed by atoms with E-state index in [1.165, 1.54) is 0 Å². The normalized spacial score (nSPS) is 8.82. The van der Waals surface area contributed by atoms with E-state index in [4.69, 9.17) is 10.8 Å². The second-order valence-electron chi connectivity index (χ2n) is 2.74. The van der Waals surface area contributed by atoms with Crippen molar-refractivity contribution in [3.05, 3.63) is 0 Å². The summed E-state index contributed by atoms with van der Waals surface area (Å²) in [6, 6.07) is 0.333. The highest BCUT2D eigenvalue weighted by Crippen LogP contribution is 1.91. The van der Waals surface area contributed by atoms with Gasteiger partial charge in [-0.3, -0.25) is 4.79 Å². The van der Waals surface area contributed by atoms with Crippen molar-refractivity contribution in [3.8, 4) is 0 Å². The average Bonchev–Trinajstić information content (AvgIpc) is 1.82. The van der Waals surface area contributed by atoms with Gasteiger partial charge in [0.2, 0.25) is 0 Å². The van der Waals surface area contributed by atoms with Crippen LogP contribution in [0, 0.1) is 0 Å². The fourth-order valence-corrected chi connectivity index (χ4v) is 0.328. The summed E-state index contributed by atoms with van der Waals surface area (Å²) in [4.78, 5) is 9.76. The van der Waals surface area contributed by atoms with Crippen LogP contribution in [0.2, 0.25) is 0 Å². The lowest BCUT2D eigenvalue weighted by Crippen LogP contribution is -2.06. The lowest BCUT2D eigenvalue weighted by atomic mass is 10.3. The van der Waals surface area contributed by atoms with Crippen LogP contribution in [0.1, 0.15) is 40.0 Å². The maximum atomic E-state index is 9.76. The molecule has 0 unspecified atom stereocenters. The van der Waals surface area contributed by atoms with Gasteiger partial charge in [0.05, 0.1) is 0 Å². The van der Waals surface area contributed by atoms with Gasteiger partial charge in [0.15, 0.2) is 0 Å². The Morgan fingerprint density at radius 2 is 1.91 bits per heavy atom. The van der Waals surface area contributed by atoms with Crippen molar-refractivity contribution < 1.29 is 9.90 Å². The minimum Gasteiger partial charge on any atom is -0.481 e. The number of carboxylic acids is 1. The fourth-order valence-electron chi connectivity index (χ4n) is 0.328. The number of nitrogens with two attached hydrogens (primary N) is 1. The van der Waals surface area contributed by atoms with Gasteiger partial charge in [-0.05, 0) is 12.5 Å². The smallest absolute Gasteiger partial charge is 0.303 e. The van der Waals surface area contributed by atoms with Gasteiger partial charge in [0, 0.05) is 6.42 Å². The molecule has 3 nitrogen and oxygen atoms in total. The molecule has 0 saturated carbocycles. The summed E-state index contributed by atoms with van der Waals surface area (Å²) in [7, 11) is 0. The highest BCUT2D eigenvalue weighted by molar-refractivity contribution is 5.66. The van der Waals surface area contributed by atoms with E-state index in [-0.39, 0.29) is 0 Å². The Kier molecular flexibility index (Phi) is 11.2. The third-order valence-electron chi connectivity index (χ3n) is 0.744. The molecule has 0 aromatic carbocycles. The Labute approximate surface area is 68.6 Å². The van der Waals surface area contributed by atoms with Gasteiger partial charge >= 0.3 is 5.97 Å². The van der Waals surface area contributed by atoms with Gasteiger partial charge in [0.25, 0.3) is 0 Å². The first kappa shape index (κ1) is 13.1. The first-order valence-corrected chi connectivity index (χ1v) is 3.98. The van der Waals surface area contributed by atoms with E-state index >= 15 is 0 Å². The number of hydrogen-bond acceptors (Lipinski definition) is 2. The molecule has 0 rings (SSSR count). The maximum Gasteiger partial charge on any atom is 0.303 e. The molecule has 0 aliphatic carbocycles. The molecule has 0 aliphatic rings. The summed E-state index contributed by atoms with van der Waals surface area (Å²) in [6.07, 6.45) is 2.08. The summed E-state index contributed by atoms with van der Waals surface area (Å²) in [6.45, 7) is 5.86. The van der Waals surface area contributed by atoms with E-state index < -0.39 is 5.97 Å². The Morgan fingerprint density at radius 3 is 2.00 bits per heavy atom. The molecule has 11 heavy (non-hydrogen) atoms. The van der Waals surface area contributed by atoms with Crippen LogP contribution < -0.4 is 5.73 Å². The monoisotopic (exact) mass is 161 g/mol. The largest absolute Gasteiger partial charge is 0.481 e.